The van der Waals surface area contributed by atoms with E-state index < -0.39 is 0 Å². The maximum absolute atomic E-state index is 10.1. The SMILES string of the molecule is CCn1nnc2c(NCc3c(O)cc(Cl)cc3O)nc(N[C@@H](CO)C(C)C)nc21. The van der Waals surface area contributed by atoms with Crippen LogP contribution >= 0.6 is 11.6 Å². The van der Waals surface area contributed by atoms with Crippen LogP contribution in [0.15, 0.2) is 12.1 Å². The lowest BCUT2D eigenvalue weighted by Gasteiger charge is -2.20. The Hall–Kier alpha value is -2.85. The monoisotopic (exact) mass is 421 g/mol. The van der Waals surface area contributed by atoms with E-state index in [0.29, 0.717) is 29.5 Å². The summed E-state index contributed by atoms with van der Waals surface area (Å²) >= 11 is 5.83. The van der Waals surface area contributed by atoms with Crippen LogP contribution < -0.4 is 10.6 Å². The first-order valence-electron chi connectivity index (χ1n) is 9.26. The van der Waals surface area contributed by atoms with Gasteiger partial charge in [-0.25, -0.2) is 4.68 Å². The molecule has 0 aliphatic carbocycles. The smallest absolute Gasteiger partial charge is 0.227 e. The van der Waals surface area contributed by atoms with E-state index in [0.717, 1.165) is 0 Å². The zero-order chi connectivity index (χ0) is 21.1. The summed E-state index contributed by atoms with van der Waals surface area (Å²) in [6, 6.07) is 2.47. The number of nitrogens with one attached hydrogen (secondary N) is 2. The number of aliphatic hydroxyl groups is 1. The molecule has 0 bridgehead atoms. The number of benzene rings is 1. The van der Waals surface area contributed by atoms with Crippen molar-refractivity contribution in [2.24, 2.45) is 5.92 Å². The van der Waals surface area contributed by atoms with Gasteiger partial charge in [0.2, 0.25) is 5.95 Å². The topological polar surface area (TPSA) is 141 Å². The minimum absolute atomic E-state index is 0.0698. The van der Waals surface area contributed by atoms with Gasteiger partial charge in [-0.1, -0.05) is 30.7 Å². The second-order valence-corrected chi connectivity index (χ2v) is 7.36. The molecule has 10 nitrogen and oxygen atoms in total. The summed E-state index contributed by atoms with van der Waals surface area (Å²) < 4.78 is 1.63. The molecular weight excluding hydrogens is 398 g/mol. The van der Waals surface area contributed by atoms with Crippen LogP contribution in [0.4, 0.5) is 11.8 Å². The van der Waals surface area contributed by atoms with Gasteiger partial charge in [0, 0.05) is 18.1 Å². The van der Waals surface area contributed by atoms with Crippen LogP contribution in [0.3, 0.4) is 0 Å². The van der Waals surface area contributed by atoms with E-state index in [4.69, 9.17) is 11.6 Å². The number of aromatic nitrogens is 5. The number of hydrogen-bond donors (Lipinski definition) is 5. The van der Waals surface area contributed by atoms with Crippen LogP contribution in [-0.4, -0.2) is 52.9 Å². The van der Waals surface area contributed by atoms with Gasteiger partial charge in [0.15, 0.2) is 17.0 Å². The normalized spacial score (nSPS) is 12.5. The zero-order valence-electron chi connectivity index (χ0n) is 16.4. The lowest BCUT2D eigenvalue weighted by molar-refractivity contribution is 0.248. The summed E-state index contributed by atoms with van der Waals surface area (Å²) in [7, 11) is 0. The number of phenols is 2. The number of halogens is 1. The van der Waals surface area contributed by atoms with Crippen LogP contribution in [-0.2, 0) is 13.1 Å². The molecule has 1 atom stereocenters. The number of fused-ring (bicyclic) bond motifs is 1. The number of nitrogens with zero attached hydrogens (tertiary/aromatic N) is 5. The summed E-state index contributed by atoms with van der Waals surface area (Å²) in [4.78, 5) is 8.95. The van der Waals surface area contributed by atoms with Crippen molar-refractivity contribution in [2.75, 3.05) is 17.2 Å². The molecule has 0 saturated heterocycles. The predicted octanol–water partition coefficient (Wildman–Crippen LogP) is 2.35. The molecule has 1 aromatic carbocycles. The first-order valence-corrected chi connectivity index (χ1v) is 9.64. The minimum atomic E-state index is -0.226. The third-order valence-corrected chi connectivity index (χ3v) is 4.80. The van der Waals surface area contributed by atoms with Crippen molar-refractivity contribution in [3.8, 4) is 11.5 Å². The number of phenolic OH excluding ortho intramolecular Hbond substituents is 2. The van der Waals surface area contributed by atoms with Crippen LogP contribution in [0, 0.1) is 5.92 Å². The Morgan fingerprint density at radius 2 is 1.86 bits per heavy atom. The number of rotatable bonds is 8. The van der Waals surface area contributed by atoms with Gasteiger partial charge in [0.25, 0.3) is 0 Å². The van der Waals surface area contributed by atoms with E-state index in [1.165, 1.54) is 12.1 Å². The predicted molar refractivity (Wildman–Crippen MR) is 110 cm³/mol. The molecule has 2 aromatic heterocycles. The molecule has 0 fully saturated rings. The quantitative estimate of drug-likeness (QED) is 0.370. The Balaban J connectivity index is 1.97. The average molecular weight is 422 g/mol. The number of anilines is 2. The van der Waals surface area contributed by atoms with Gasteiger partial charge in [-0.3, -0.25) is 0 Å². The minimum Gasteiger partial charge on any atom is -0.507 e. The van der Waals surface area contributed by atoms with E-state index >= 15 is 0 Å². The second-order valence-electron chi connectivity index (χ2n) is 6.93. The average Bonchev–Trinajstić information content (AvgIpc) is 3.08. The highest BCUT2D eigenvalue weighted by atomic mass is 35.5. The second kappa shape index (κ2) is 8.66. The zero-order valence-corrected chi connectivity index (χ0v) is 17.1. The molecule has 0 saturated carbocycles. The van der Waals surface area contributed by atoms with E-state index in [1.54, 1.807) is 4.68 Å². The van der Waals surface area contributed by atoms with Crippen LogP contribution in [0.25, 0.3) is 11.2 Å². The Bertz CT molecular complexity index is 986. The van der Waals surface area contributed by atoms with Crippen LogP contribution in [0.2, 0.25) is 5.02 Å². The Morgan fingerprint density at radius 3 is 2.45 bits per heavy atom. The highest BCUT2D eigenvalue weighted by Crippen LogP contribution is 2.32. The molecule has 3 aromatic rings. The van der Waals surface area contributed by atoms with Gasteiger partial charge in [-0.15, -0.1) is 5.10 Å². The lowest BCUT2D eigenvalue weighted by Crippen LogP contribution is -2.30. The fourth-order valence-corrected chi connectivity index (χ4v) is 3.01. The molecule has 29 heavy (non-hydrogen) atoms. The molecule has 0 radical (unpaired) electrons. The summed E-state index contributed by atoms with van der Waals surface area (Å²) in [5.41, 5.74) is 1.25. The molecule has 3 rings (SSSR count). The molecule has 11 heteroatoms. The van der Waals surface area contributed by atoms with Gasteiger partial charge < -0.3 is 26.0 Å². The van der Waals surface area contributed by atoms with Gasteiger partial charge in [-0.2, -0.15) is 9.97 Å². The highest BCUT2D eigenvalue weighted by Gasteiger charge is 2.19. The highest BCUT2D eigenvalue weighted by molar-refractivity contribution is 6.30. The molecule has 156 valence electrons. The summed E-state index contributed by atoms with van der Waals surface area (Å²) in [6.45, 7) is 6.46. The molecule has 0 spiro atoms. The van der Waals surface area contributed by atoms with Crippen molar-refractivity contribution in [1.29, 1.82) is 0 Å². The van der Waals surface area contributed by atoms with Gasteiger partial charge >= 0.3 is 0 Å². The molecule has 0 amide bonds. The van der Waals surface area contributed by atoms with Crippen molar-refractivity contribution >= 4 is 34.5 Å². The van der Waals surface area contributed by atoms with E-state index in [2.05, 4.69) is 30.9 Å². The van der Waals surface area contributed by atoms with E-state index in [-0.39, 0.29) is 47.2 Å². The molecule has 0 unspecified atom stereocenters. The Labute approximate surface area is 172 Å². The van der Waals surface area contributed by atoms with Crippen LogP contribution in [0.5, 0.6) is 11.5 Å². The molecule has 0 aliphatic rings. The fraction of sp³-hybridized carbons (Fsp3) is 0.444. The third kappa shape index (κ3) is 4.43. The lowest BCUT2D eigenvalue weighted by atomic mass is 10.1. The van der Waals surface area contributed by atoms with Gasteiger partial charge in [-0.05, 0) is 25.0 Å². The molecular formula is C18H24ClN7O3. The number of hydrogen-bond acceptors (Lipinski definition) is 9. The third-order valence-electron chi connectivity index (χ3n) is 4.58. The molecule has 5 N–H and O–H groups in total. The number of aryl methyl sites for hydroxylation is 1. The number of aromatic hydroxyl groups is 2. The summed E-state index contributed by atoms with van der Waals surface area (Å²) in [6.07, 6.45) is 0. The standard InChI is InChI=1S/C18H24ClN7O3/c1-4-26-17-15(24-25-26)16(22-18(23-17)21-12(8-27)9(2)3)20-7-11-13(28)5-10(19)6-14(11)29/h5-6,9,12,27-29H,4,7-8H2,1-3H3,(H2,20,21,22,23)/t12-/m0/s1. The first kappa shape index (κ1) is 20.9. The van der Waals surface area contributed by atoms with Crippen molar-refractivity contribution in [3.63, 3.8) is 0 Å². The molecule has 2 heterocycles. The Kier molecular flexibility index (Phi) is 6.23. The van der Waals surface area contributed by atoms with Crippen molar-refractivity contribution < 1.29 is 15.3 Å². The van der Waals surface area contributed by atoms with Gasteiger partial charge in [0.1, 0.15) is 11.5 Å². The maximum Gasteiger partial charge on any atom is 0.227 e. The van der Waals surface area contributed by atoms with Crippen molar-refractivity contribution in [3.05, 3.63) is 22.7 Å². The fourth-order valence-electron chi connectivity index (χ4n) is 2.81. The molecule has 0 aliphatic heterocycles. The van der Waals surface area contributed by atoms with Crippen LogP contribution in [0.1, 0.15) is 26.3 Å². The first-order chi connectivity index (χ1) is 13.8. The van der Waals surface area contributed by atoms with Crippen molar-refractivity contribution in [1.82, 2.24) is 25.0 Å². The van der Waals surface area contributed by atoms with E-state index in [1.807, 2.05) is 20.8 Å². The summed E-state index contributed by atoms with van der Waals surface area (Å²) in [5.74, 6) is 0.584. The maximum atomic E-state index is 10.1. The van der Waals surface area contributed by atoms with Crippen molar-refractivity contribution in [2.45, 2.75) is 39.9 Å². The number of aliphatic hydroxyl groups excluding tert-OH is 1. The summed E-state index contributed by atoms with van der Waals surface area (Å²) in [5, 5.41) is 44.4. The van der Waals surface area contributed by atoms with Gasteiger partial charge in [0.05, 0.1) is 18.2 Å². The Morgan fingerprint density at radius 1 is 1.17 bits per heavy atom. The largest absolute Gasteiger partial charge is 0.507 e. The van der Waals surface area contributed by atoms with E-state index in [9.17, 15) is 15.3 Å².